The highest BCUT2D eigenvalue weighted by atomic mass is 16.3. The van der Waals surface area contributed by atoms with Crippen LogP contribution in [0.1, 0.15) is 35.8 Å². The van der Waals surface area contributed by atoms with Crippen molar-refractivity contribution < 1.29 is 9.90 Å². The molecule has 2 unspecified atom stereocenters. The van der Waals surface area contributed by atoms with Crippen LogP contribution in [0.5, 0.6) is 0 Å². The molecular weight excluding hydrogens is 318 g/mol. The van der Waals surface area contributed by atoms with Crippen LogP contribution in [0, 0.1) is 5.92 Å². The lowest BCUT2D eigenvalue weighted by molar-refractivity contribution is 0.0481. The van der Waals surface area contributed by atoms with Crippen LogP contribution < -0.4 is 5.56 Å². The highest BCUT2D eigenvalue weighted by molar-refractivity contribution is 5.92. The molecule has 0 saturated carbocycles. The lowest BCUT2D eigenvalue weighted by Crippen LogP contribution is -2.47. The Bertz CT molecular complexity index is 788. The molecule has 0 radical (unpaired) electrons. The van der Waals surface area contributed by atoms with E-state index in [0.29, 0.717) is 13.1 Å². The zero-order valence-corrected chi connectivity index (χ0v) is 14.3. The fourth-order valence-electron chi connectivity index (χ4n) is 3.19. The minimum Gasteiger partial charge on any atom is -0.396 e. The Labute approximate surface area is 146 Å². The second-order valence-electron chi connectivity index (χ2n) is 6.63. The van der Waals surface area contributed by atoms with Crippen molar-refractivity contribution in [3.63, 3.8) is 0 Å². The minimum absolute atomic E-state index is 0.0808. The summed E-state index contributed by atoms with van der Waals surface area (Å²) in [7, 11) is 0. The predicted molar refractivity (Wildman–Crippen MR) is 94.3 cm³/mol. The van der Waals surface area contributed by atoms with Gasteiger partial charge in [-0.2, -0.15) is 5.10 Å². The molecule has 1 aliphatic rings. The molecule has 2 atom stereocenters. The Morgan fingerprint density at radius 1 is 1.20 bits per heavy atom. The van der Waals surface area contributed by atoms with Crippen molar-refractivity contribution in [2.45, 2.75) is 32.4 Å². The van der Waals surface area contributed by atoms with Gasteiger partial charge in [0.1, 0.15) is 5.69 Å². The second-order valence-corrected chi connectivity index (χ2v) is 6.63. The molecule has 132 valence electrons. The number of amides is 1. The molecule has 25 heavy (non-hydrogen) atoms. The number of carbonyl (C=O) groups excluding carboxylic acids is 1. The summed E-state index contributed by atoms with van der Waals surface area (Å²) in [6, 6.07) is 12.5. The summed E-state index contributed by atoms with van der Waals surface area (Å²) in [5, 5.41) is 13.7. The quantitative estimate of drug-likeness (QED) is 0.915. The fourth-order valence-corrected chi connectivity index (χ4v) is 3.19. The Morgan fingerprint density at radius 3 is 2.68 bits per heavy atom. The summed E-state index contributed by atoms with van der Waals surface area (Å²) in [5.41, 5.74) is 0.981. The molecule has 2 heterocycles. The smallest absolute Gasteiger partial charge is 0.274 e. The van der Waals surface area contributed by atoms with Crippen LogP contribution in [-0.4, -0.2) is 44.9 Å². The van der Waals surface area contributed by atoms with E-state index in [0.717, 1.165) is 18.4 Å². The molecule has 2 aromatic rings. The van der Waals surface area contributed by atoms with Crippen molar-refractivity contribution >= 4 is 5.91 Å². The Kier molecular flexibility index (Phi) is 5.28. The van der Waals surface area contributed by atoms with Crippen molar-refractivity contribution in [3.05, 3.63) is 64.1 Å². The number of rotatable bonds is 4. The molecule has 1 amide bonds. The lowest BCUT2D eigenvalue weighted by atomic mass is 9.94. The van der Waals surface area contributed by atoms with Crippen LogP contribution >= 0.6 is 0 Å². The molecule has 1 N–H and O–H groups in total. The number of hydrogen-bond acceptors (Lipinski definition) is 4. The van der Waals surface area contributed by atoms with Gasteiger partial charge in [-0.25, -0.2) is 4.68 Å². The van der Waals surface area contributed by atoms with Crippen molar-refractivity contribution in [3.8, 4) is 0 Å². The molecule has 0 aliphatic carbocycles. The third-order valence-corrected chi connectivity index (χ3v) is 4.76. The van der Waals surface area contributed by atoms with E-state index in [1.54, 1.807) is 4.90 Å². The van der Waals surface area contributed by atoms with Gasteiger partial charge in [0, 0.05) is 25.3 Å². The Balaban J connectivity index is 1.83. The third kappa shape index (κ3) is 3.96. The zero-order chi connectivity index (χ0) is 17.8. The maximum absolute atomic E-state index is 12.9. The summed E-state index contributed by atoms with van der Waals surface area (Å²) >= 11 is 0. The maximum Gasteiger partial charge on any atom is 0.274 e. The van der Waals surface area contributed by atoms with Crippen molar-refractivity contribution in [1.82, 2.24) is 14.7 Å². The number of carbonyl (C=O) groups is 1. The average molecular weight is 341 g/mol. The third-order valence-electron chi connectivity index (χ3n) is 4.76. The molecule has 0 bridgehead atoms. The number of aromatic nitrogens is 2. The molecule has 1 aromatic carbocycles. The monoisotopic (exact) mass is 341 g/mol. The van der Waals surface area contributed by atoms with Gasteiger partial charge in [0.05, 0.1) is 6.54 Å². The first-order valence-electron chi connectivity index (χ1n) is 8.62. The first-order chi connectivity index (χ1) is 12.1. The van der Waals surface area contributed by atoms with Crippen molar-refractivity contribution in [1.29, 1.82) is 0 Å². The number of benzene rings is 1. The van der Waals surface area contributed by atoms with Gasteiger partial charge in [0.2, 0.25) is 0 Å². The van der Waals surface area contributed by atoms with Crippen LogP contribution in [0.2, 0.25) is 0 Å². The van der Waals surface area contributed by atoms with Crippen LogP contribution in [0.15, 0.2) is 47.3 Å². The SMILES string of the molecule is CC1CCC(CO)CN1C(=O)c1ccc(=O)n(Cc2ccccc2)n1. The number of aliphatic hydroxyl groups is 1. The molecule has 1 aromatic heterocycles. The van der Waals surface area contributed by atoms with Gasteiger partial charge in [0.15, 0.2) is 0 Å². The first-order valence-corrected chi connectivity index (χ1v) is 8.62. The van der Waals surface area contributed by atoms with E-state index in [-0.39, 0.29) is 35.7 Å². The number of piperidine rings is 1. The fraction of sp³-hybridized carbons (Fsp3) is 0.421. The van der Waals surface area contributed by atoms with E-state index in [9.17, 15) is 14.7 Å². The van der Waals surface area contributed by atoms with Crippen LogP contribution in [-0.2, 0) is 6.54 Å². The second kappa shape index (κ2) is 7.61. The van der Waals surface area contributed by atoms with Gasteiger partial charge in [-0.15, -0.1) is 0 Å². The van der Waals surface area contributed by atoms with E-state index >= 15 is 0 Å². The summed E-state index contributed by atoms with van der Waals surface area (Å²) in [6.45, 7) is 2.94. The summed E-state index contributed by atoms with van der Waals surface area (Å²) in [6.07, 6.45) is 1.78. The van der Waals surface area contributed by atoms with E-state index < -0.39 is 0 Å². The van der Waals surface area contributed by atoms with Crippen LogP contribution in [0.4, 0.5) is 0 Å². The van der Waals surface area contributed by atoms with Gasteiger partial charge < -0.3 is 10.0 Å². The van der Waals surface area contributed by atoms with Gasteiger partial charge in [-0.05, 0) is 37.3 Å². The molecule has 0 spiro atoms. The zero-order valence-electron chi connectivity index (χ0n) is 14.3. The van der Waals surface area contributed by atoms with Crippen LogP contribution in [0.25, 0.3) is 0 Å². The topological polar surface area (TPSA) is 75.4 Å². The van der Waals surface area contributed by atoms with Gasteiger partial charge in [-0.3, -0.25) is 9.59 Å². The standard InChI is InChI=1S/C19H23N3O3/c1-14-7-8-16(13-23)11-21(14)19(25)17-9-10-18(24)22(20-17)12-15-5-3-2-4-6-15/h2-6,9-10,14,16,23H,7-8,11-13H2,1H3. The van der Waals surface area contributed by atoms with Crippen molar-refractivity contribution in [2.24, 2.45) is 5.92 Å². The van der Waals surface area contributed by atoms with Gasteiger partial charge in [0.25, 0.3) is 11.5 Å². The molecule has 1 fully saturated rings. The molecule has 6 nitrogen and oxygen atoms in total. The number of nitrogens with zero attached hydrogens (tertiary/aromatic N) is 3. The molecule has 1 aliphatic heterocycles. The summed E-state index contributed by atoms with van der Waals surface area (Å²) < 4.78 is 1.32. The molecule has 1 saturated heterocycles. The normalized spacial score (nSPS) is 20.5. The molecule has 3 rings (SSSR count). The molecule has 6 heteroatoms. The van der Waals surface area contributed by atoms with Gasteiger partial charge in [-0.1, -0.05) is 30.3 Å². The van der Waals surface area contributed by atoms with Crippen LogP contribution in [0.3, 0.4) is 0 Å². The lowest BCUT2D eigenvalue weighted by Gasteiger charge is -2.37. The highest BCUT2D eigenvalue weighted by Crippen LogP contribution is 2.22. The maximum atomic E-state index is 12.9. The van der Waals surface area contributed by atoms with Crippen molar-refractivity contribution in [2.75, 3.05) is 13.2 Å². The Hall–Kier alpha value is -2.47. The van der Waals surface area contributed by atoms with E-state index in [1.165, 1.54) is 16.8 Å². The van der Waals surface area contributed by atoms with E-state index in [2.05, 4.69) is 5.10 Å². The van der Waals surface area contributed by atoms with E-state index in [1.807, 2.05) is 37.3 Å². The number of likely N-dealkylation sites (tertiary alicyclic amines) is 1. The Morgan fingerprint density at radius 2 is 1.96 bits per heavy atom. The summed E-state index contributed by atoms with van der Waals surface area (Å²) in [4.78, 5) is 26.7. The predicted octanol–water partition coefficient (Wildman–Crippen LogP) is 1.52. The average Bonchev–Trinajstić information content (AvgIpc) is 2.64. The largest absolute Gasteiger partial charge is 0.396 e. The van der Waals surface area contributed by atoms with E-state index in [4.69, 9.17) is 0 Å². The summed E-state index contributed by atoms with van der Waals surface area (Å²) in [5.74, 6) is -0.0807. The molecular formula is C19H23N3O3. The van der Waals surface area contributed by atoms with Gasteiger partial charge >= 0.3 is 0 Å². The number of aliphatic hydroxyl groups excluding tert-OH is 1. The highest BCUT2D eigenvalue weighted by Gasteiger charge is 2.30. The number of hydrogen-bond donors (Lipinski definition) is 1. The first kappa shape index (κ1) is 17.4. The minimum atomic E-state index is -0.236.